The minimum atomic E-state index is -0.874. The SMILES string of the molecule is COC(=O)c1occc1CSc1nc(C)c(CC(=O)O)s1. The molecule has 0 radical (unpaired) electrons. The summed E-state index contributed by atoms with van der Waals surface area (Å²) in [6, 6.07) is 1.71. The van der Waals surface area contributed by atoms with E-state index in [9.17, 15) is 9.59 Å². The summed E-state index contributed by atoms with van der Waals surface area (Å²) in [5.74, 6) is -0.705. The van der Waals surface area contributed by atoms with E-state index < -0.39 is 11.9 Å². The molecule has 0 aromatic carbocycles. The number of nitrogens with zero attached hydrogens (tertiary/aromatic N) is 1. The molecule has 0 saturated heterocycles. The van der Waals surface area contributed by atoms with Crippen LogP contribution in [0, 0.1) is 6.92 Å². The van der Waals surface area contributed by atoms with E-state index in [1.807, 2.05) is 0 Å². The van der Waals surface area contributed by atoms with Crippen molar-refractivity contribution in [1.82, 2.24) is 4.98 Å². The Balaban J connectivity index is 2.05. The first-order valence-electron chi connectivity index (χ1n) is 5.96. The summed E-state index contributed by atoms with van der Waals surface area (Å²) >= 11 is 2.78. The molecule has 2 aromatic heterocycles. The van der Waals surface area contributed by atoms with Crippen molar-refractivity contribution < 1.29 is 23.8 Å². The van der Waals surface area contributed by atoms with E-state index in [-0.39, 0.29) is 12.2 Å². The highest BCUT2D eigenvalue weighted by molar-refractivity contribution is 8.00. The van der Waals surface area contributed by atoms with Crippen LogP contribution >= 0.6 is 23.1 Å². The van der Waals surface area contributed by atoms with E-state index in [0.717, 1.165) is 20.5 Å². The molecule has 8 heteroatoms. The van der Waals surface area contributed by atoms with Gasteiger partial charge in [-0.3, -0.25) is 4.79 Å². The second-order valence-electron chi connectivity index (χ2n) is 4.11. The summed E-state index contributed by atoms with van der Waals surface area (Å²) in [7, 11) is 1.30. The topological polar surface area (TPSA) is 89.6 Å². The van der Waals surface area contributed by atoms with Crippen LogP contribution in [0.3, 0.4) is 0 Å². The number of furan rings is 1. The summed E-state index contributed by atoms with van der Waals surface area (Å²) in [4.78, 5) is 27.3. The van der Waals surface area contributed by atoms with Crippen molar-refractivity contribution in [2.24, 2.45) is 0 Å². The van der Waals surface area contributed by atoms with Gasteiger partial charge >= 0.3 is 11.9 Å². The highest BCUT2D eigenvalue weighted by atomic mass is 32.2. The standard InChI is InChI=1S/C13H13NO5S2/c1-7-9(5-10(15)16)21-13(14-7)20-6-8-3-4-19-11(8)12(17)18-2/h3-4H,5-6H2,1-2H3,(H,15,16). The summed E-state index contributed by atoms with van der Waals surface area (Å²) in [5.41, 5.74) is 1.45. The Hall–Kier alpha value is -1.80. The van der Waals surface area contributed by atoms with Crippen molar-refractivity contribution in [2.75, 3.05) is 7.11 Å². The fourth-order valence-electron chi connectivity index (χ4n) is 1.63. The van der Waals surface area contributed by atoms with Crippen LogP contribution in [0.5, 0.6) is 0 Å². The average molecular weight is 327 g/mol. The van der Waals surface area contributed by atoms with Crippen molar-refractivity contribution in [3.8, 4) is 0 Å². The number of aryl methyl sites for hydroxylation is 1. The maximum Gasteiger partial charge on any atom is 0.374 e. The molecule has 21 heavy (non-hydrogen) atoms. The Morgan fingerprint density at radius 2 is 2.29 bits per heavy atom. The fraction of sp³-hybridized carbons (Fsp3) is 0.308. The summed E-state index contributed by atoms with van der Waals surface area (Å²) in [5, 5.41) is 8.81. The number of methoxy groups -OCH3 is 1. The van der Waals surface area contributed by atoms with Gasteiger partial charge in [-0.05, 0) is 13.0 Å². The molecule has 1 N–H and O–H groups in total. The largest absolute Gasteiger partial charge is 0.481 e. The van der Waals surface area contributed by atoms with Crippen LogP contribution in [-0.4, -0.2) is 29.1 Å². The molecular weight excluding hydrogens is 314 g/mol. The number of carboxylic acids is 1. The van der Waals surface area contributed by atoms with Crippen molar-refractivity contribution in [3.63, 3.8) is 0 Å². The number of aliphatic carboxylic acids is 1. The number of carboxylic acid groups (broad SMARTS) is 1. The van der Waals surface area contributed by atoms with Crippen molar-refractivity contribution in [2.45, 2.75) is 23.4 Å². The van der Waals surface area contributed by atoms with Gasteiger partial charge in [-0.2, -0.15) is 0 Å². The predicted octanol–water partition coefficient (Wildman–Crippen LogP) is 2.75. The molecule has 0 atom stereocenters. The number of rotatable bonds is 6. The number of thiazole rings is 1. The smallest absolute Gasteiger partial charge is 0.374 e. The number of thioether (sulfide) groups is 1. The molecule has 2 heterocycles. The molecule has 2 aromatic rings. The lowest BCUT2D eigenvalue weighted by molar-refractivity contribution is -0.136. The highest BCUT2D eigenvalue weighted by Gasteiger charge is 2.17. The molecule has 0 aliphatic rings. The molecule has 0 saturated carbocycles. The van der Waals surface area contributed by atoms with Gasteiger partial charge in [0.1, 0.15) is 0 Å². The molecule has 0 aliphatic carbocycles. The number of esters is 1. The maximum absolute atomic E-state index is 11.5. The van der Waals surface area contributed by atoms with Crippen LogP contribution in [0.4, 0.5) is 0 Å². The summed E-state index contributed by atoms with van der Waals surface area (Å²) < 4.78 is 10.5. The van der Waals surface area contributed by atoms with E-state index in [2.05, 4.69) is 9.72 Å². The number of carbonyl (C=O) groups excluding carboxylic acids is 1. The Bertz CT molecular complexity index is 661. The van der Waals surface area contributed by atoms with Crippen LogP contribution in [0.2, 0.25) is 0 Å². The maximum atomic E-state index is 11.5. The number of hydrogen-bond donors (Lipinski definition) is 1. The first-order valence-corrected chi connectivity index (χ1v) is 7.77. The number of aromatic nitrogens is 1. The van der Waals surface area contributed by atoms with Crippen LogP contribution < -0.4 is 0 Å². The summed E-state index contributed by atoms with van der Waals surface area (Å²) in [6.07, 6.45) is 1.41. The lowest BCUT2D eigenvalue weighted by atomic mass is 10.3. The molecule has 112 valence electrons. The number of ether oxygens (including phenoxy) is 1. The van der Waals surface area contributed by atoms with Crippen LogP contribution in [0.1, 0.15) is 26.7 Å². The van der Waals surface area contributed by atoms with Gasteiger partial charge in [-0.1, -0.05) is 11.8 Å². The first kappa shape index (κ1) is 15.6. The van der Waals surface area contributed by atoms with Crippen molar-refractivity contribution >= 4 is 35.0 Å². The molecule has 6 nitrogen and oxygen atoms in total. The van der Waals surface area contributed by atoms with Gasteiger partial charge < -0.3 is 14.3 Å². The normalized spacial score (nSPS) is 10.6. The quantitative estimate of drug-likeness (QED) is 0.644. The highest BCUT2D eigenvalue weighted by Crippen LogP contribution is 2.31. The Morgan fingerprint density at radius 3 is 2.95 bits per heavy atom. The third-order valence-corrected chi connectivity index (χ3v) is 5.00. The van der Waals surface area contributed by atoms with Crippen molar-refractivity contribution in [3.05, 3.63) is 34.2 Å². The lowest BCUT2D eigenvalue weighted by Crippen LogP contribution is -2.02. The monoisotopic (exact) mass is 327 g/mol. The molecule has 2 rings (SSSR count). The molecule has 0 fully saturated rings. The number of hydrogen-bond acceptors (Lipinski definition) is 7. The first-order chi connectivity index (χ1) is 10.0. The van der Waals surface area contributed by atoms with Gasteiger partial charge in [0, 0.05) is 16.2 Å². The Labute approximate surface area is 129 Å². The average Bonchev–Trinajstić information content (AvgIpc) is 3.02. The number of carbonyl (C=O) groups is 2. The second kappa shape index (κ2) is 6.77. The second-order valence-corrected chi connectivity index (χ2v) is 6.42. The molecule has 0 amide bonds. The zero-order valence-electron chi connectivity index (χ0n) is 11.4. The van der Waals surface area contributed by atoms with Gasteiger partial charge in [0.2, 0.25) is 5.76 Å². The minimum Gasteiger partial charge on any atom is -0.481 e. The van der Waals surface area contributed by atoms with Gasteiger partial charge in [0.25, 0.3) is 0 Å². The Kier molecular flexibility index (Phi) is 5.03. The van der Waals surface area contributed by atoms with Crippen LogP contribution in [0.15, 0.2) is 21.1 Å². The third kappa shape index (κ3) is 3.85. The zero-order valence-corrected chi connectivity index (χ0v) is 13.0. The van der Waals surface area contributed by atoms with Gasteiger partial charge in [-0.15, -0.1) is 11.3 Å². The van der Waals surface area contributed by atoms with E-state index in [1.54, 1.807) is 13.0 Å². The van der Waals surface area contributed by atoms with Gasteiger partial charge in [-0.25, -0.2) is 9.78 Å². The Morgan fingerprint density at radius 1 is 1.52 bits per heavy atom. The molecule has 0 aliphatic heterocycles. The third-order valence-electron chi connectivity index (χ3n) is 2.65. The molecular formula is C13H13NO5S2. The predicted molar refractivity (Wildman–Crippen MR) is 77.8 cm³/mol. The lowest BCUT2D eigenvalue weighted by Gasteiger charge is -1.99. The van der Waals surface area contributed by atoms with E-state index in [0.29, 0.717) is 5.75 Å². The molecule has 0 bridgehead atoms. The van der Waals surface area contributed by atoms with E-state index in [1.165, 1.54) is 36.5 Å². The fourth-order valence-corrected chi connectivity index (χ4v) is 3.83. The molecule has 0 unspecified atom stereocenters. The van der Waals surface area contributed by atoms with E-state index in [4.69, 9.17) is 9.52 Å². The summed E-state index contributed by atoms with van der Waals surface area (Å²) in [6.45, 7) is 1.79. The van der Waals surface area contributed by atoms with Gasteiger partial charge in [0.05, 0.1) is 25.5 Å². The van der Waals surface area contributed by atoms with Crippen LogP contribution in [-0.2, 0) is 21.7 Å². The van der Waals surface area contributed by atoms with E-state index >= 15 is 0 Å². The van der Waals surface area contributed by atoms with Gasteiger partial charge in [0.15, 0.2) is 4.34 Å². The molecule has 0 spiro atoms. The zero-order chi connectivity index (χ0) is 15.4. The van der Waals surface area contributed by atoms with Crippen molar-refractivity contribution in [1.29, 1.82) is 0 Å². The minimum absolute atomic E-state index is 0.0246. The van der Waals surface area contributed by atoms with Crippen LogP contribution in [0.25, 0.3) is 0 Å².